The number of nitrogens with zero attached hydrogens (tertiary/aromatic N) is 4. The van der Waals surface area contributed by atoms with Crippen molar-refractivity contribution >= 4 is 17.5 Å². The Morgan fingerprint density at radius 1 is 0.838 bits per heavy atom. The van der Waals surface area contributed by atoms with E-state index in [0.29, 0.717) is 18.8 Å². The van der Waals surface area contributed by atoms with Crippen molar-refractivity contribution in [2.24, 2.45) is 0 Å². The van der Waals surface area contributed by atoms with Crippen LogP contribution in [-0.4, -0.2) is 57.6 Å². The Bertz CT molecular complexity index is 1310. The Kier molecular flexibility index (Phi) is 7.37. The molecule has 188 valence electrons. The third-order valence-corrected chi connectivity index (χ3v) is 6.57. The molecule has 3 aromatic carbocycles. The minimum absolute atomic E-state index is 0.0364. The number of rotatable bonds is 7. The molecule has 4 aromatic rings. The van der Waals surface area contributed by atoms with Crippen molar-refractivity contribution in [1.29, 1.82) is 0 Å². The van der Waals surface area contributed by atoms with Crippen molar-refractivity contribution in [2.45, 2.75) is 12.6 Å². The van der Waals surface area contributed by atoms with Gasteiger partial charge in [-0.3, -0.25) is 19.2 Å². The minimum atomic E-state index is -0.594. The largest absolute Gasteiger partial charge is 0.339 e. The number of aromatic nitrogens is 2. The summed E-state index contributed by atoms with van der Waals surface area (Å²) in [6, 6.07) is 26.8. The highest BCUT2D eigenvalue weighted by Crippen LogP contribution is 2.29. The molecule has 0 radical (unpaired) electrons. The van der Waals surface area contributed by atoms with E-state index in [0.717, 1.165) is 13.1 Å². The lowest BCUT2D eigenvalue weighted by molar-refractivity contribution is -0.134. The average Bonchev–Trinajstić information content (AvgIpc) is 3.37. The summed E-state index contributed by atoms with van der Waals surface area (Å²) in [5.74, 6) is -1.19. The standard InChI is InChI=1S/C29H28FN5O2/c30-26-14-8-7-13-25(26)29(37)32-24-19-31-35(20-24)21-27(36)33-15-17-34(18-16-33)28(22-9-3-1-4-10-22)23-11-5-2-6-12-23/h1-14,19-20,28H,15-18,21H2,(H,32,37). The van der Waals surface area contributed by atoms with Crippen molar-refractivity contribution in [1.82, 2.24) is 19.6 Å². The number of hydrogen-bond acceptors (Lipinski definition) is 4. The number of anilines is 1. The van der Waals surface area contributed by atoms with Gasteiger partial charge in [-0.1, -0.05) is 72.8 Å². The minimum Gasteiger partial charge on any atom is -0.339 e. The van der Waals surface area contributed by atoms with Crippen LogP contribution in [0.1, 0.15) is 27.5 Å². The van der Waals surface area contributed by atoms with Gasteiger partial charge in [0.1, 0.15) is 12.4 Å². The van der Waals surface area contributed by atoms with Crippen LogP contribution in [0.3, 0.4) is 0 Å². The van der Waals surface area contributed by atoms with Gasteiger partial charge in [0.25, 0.3) is 5.91 Å². The third kappa shape index (κ3) is 5.76. The summed E-state index contributed by atoms with van der Waals surface area (Å²) < 4.78 is 15.3. The van der Waals surface area contributed by atoms with E-state index in [9.17, 15) is 14.0 Å². The van der Waals surface area contributed by atoms with Gasteiger partial charge in [-0.05, 0) is 23.3 Å². The Labute approximate surface area is 215 Å². The summed E-state index contributed by atoms with van der Waals surface area (Å²) in [6.45, 7) is 2.81. The highest BCUT2D eigenvalue weighted by Gasteiger charge is 2.28. The molecule has 1 fully saturated rings. The van der Waals surface area contributed by atoms with E-state index >= 15 is 0 Å². The zero-order chi connectivity index (χ0) is 25.6. The molecule has 0 bridgehead atoms. The van der Waals surface area contributed by atoms with Crippen LogP contribution in [0, 0.1) is 5.82 Å². The number of piperazine rings is 1. The number of benzene rings is 3. The summed E-state index contributed by atoms with van der Waals surface area (Å²) in [4.78, 5) is 29.6. The van der Waals surface area contributed by atoms with E-state index in [1.807, 2.05) is 17.0 Å². The monoisotopic (exact) mass is 497 g/mol. The SMILES string of the molecule is O=C(Nc1cnn(CC(=O)N2CCN(C(c3ccccc3)c3ccccc3)CC2)c1)c1ccccc1F. The molecule has 1 saturated heterocycles. The van der Waals surface area contributed by atoms with E-state index in [4.69, 9.17) is 0 Å². The van der Waals surface area contributed by atoms with Crippen molar-refractivity contribution in [3.05, 3.63) is 120 Å². The Morgan fingerprint density at radius 2 is 1.43 bits per heavy atom. The van der Waals surface area contributed by atoms with Crippen LogP contribution < -0.4 is 5.32 Å². The number of hydrogen-bond donors (Lipinski definition) is 1. The van der Waals surface area contributed by atoms with Crippen LogP contribution in [-0.2, 0) is 11.3 Å². The molecule has 7 nitrogen and oxygen atoms in total. The van der Waals surface area contributed by atoms with Crippen LogP contribution in [0.2, 0.25) is 0 Å². The van der Waals surface area contributed by atoms with Gasteiger partial charge in [0.2, 0.25) is 5.91 Å². The first-order valence-electron chi connectivity index (χ1n) is 12.3. The molecule has 1 aromatic heterocycles. The molecule has 8 heteroatoms. The zero-order valence-electron chi connectivity index (χ0n) is 20.3. The summed E-state index contributed by atoms with van der Waals surface area (Å²) in [5.41, 5.74) is 2.82. The predicted octanol–water partition coefficient (Wildman–Crippen LogP) is 4.21. The van der Waals surface area contributed by atoms with E-state index < -0.39 is 11.7 Å². The fourth-order valence-electron chi connectivity index (χ4n) is 4.71. The van der Waals surface area contributed by atoms with Crippen LogP contribution in [0.25, 0.3) is 0 Å². The fraction of sp³-hybridized carbons (Fsp3) is 0.207. The lowest BCUT2D eigenvalue weighted by atomic mass is 9.96. The topological polar surface area (TPSA) is 70.5 Å². The molecule has 0 atom stereocenters. The summed E-state index contributed by atoms with van der Waals surface area (Å²) >= 11 is 0. The Balaban J connectivity index is 1.19. The Hall–Kier alpha value is -4.30. The van der Waals surface area contributed by atoms with E-state index in [2.05, 4.69) is 63.8 Å². The third-order valence-electron chi connectivity index (χ3n) is 6.57. The van der Waals surface area contributed by atoms with E-state index in [1.54, 1.807) is 12.3 Å². The summed E-state index contributed by atoms with van der Waals surface area (Å²) in [6.07, 6.45) is 3.03. The zero-order valence-corrected chi connectivity index (χ0v) is 20.3. The quantitative estimate of drug-likeness (QED) is 0.415. The maximum absolute atomic E-state index is 13.9. The van der Waals surface area contributed by atoms with Crippen molar-refractivity contribution in [3.63, 3.8) is 0 Å². The summed E-state index contributed by atoms with van der Waals surface area (Å²) in [5, 5.41) is 6.82. The number of amides is 2. The van der Waals surface area contributed by atoms with Crippen LogP contribution in [0.15, 0.2) is 97.3 Å². The number of carbonyl (C=O) groups excluding carboxylic acids is 2. The summed E-state index contributed by atoms with van der Waals surface area (Å²) in [7, 11) is 0. The molecule has 5 rings (SSSR count). The average molecular weight is 498 g/mol. The van der Waals surface area contributed by atoms with Gasteiger partial charge < -0.3 is 10.2 Å². The first-order valence-corrected chi connectivity index (χ1v) is 12.3. The molecule has 0 aliphatic carbocycles. The molecular weight excluding hydrogens is 469 g/mol. The van der Waals surface area contributed by atoms with Crippen LogP contribution >= 0.6 is 0 Å². The molecule has 0 unspecified atom stereocenters. The first kappa shape index (κ1) is 24.4. The normalized spacial score (nSPS) is 14.1. The fourth-order valence-corrected chi connectivity index (χ4v) is 4.71. The van der Waals surface area contributed by atoms with Gasteiger partial charge in [-0.2, -0.15) is 5.10 Å². The smallest absolute Gasteiger partial charge is 0.258 e. The molecular formula is C29H28FN5O2. The van der Waals surface area contributed by atoms with Crippen molar-refractivity contribution < 1.29 is 14.0 Å². The number of carbonyl (C=O) groups is 2. The molecule has 2 amide bonds. The molecule has 0 saturated carbocycles. The molecule has 1 aliphatic heterocycles. The van der Waals surface area contributed by atoms with Crippen molar-refractivity contribution in [3.8, 4) is 0 Å². The van der Waals surface area contributed by atoms with E-state index in [-0.39, 0.29) is 24.1 Å². The van der Waals surface area contributed by atoms with Crippen LogP contribution in [0.4, 0.5) is 10.1 Å². The predicted molar refractivity (Wildman–Crippen MR) is 139 cm³/mol. The molecule has 2 heterocycles. The van der Waals surface area contributed by atoms with Gasteiger partial charge in [0.15, 0.2) is 0 Å². The number of nitrogens with one attached hydrogen (secondary N) is 1. The first-order chi connectivity index (χ1) is 18.1. The lowest BCUT2D eigenvalue weighted by Gasteiger charge is -2.39. The Morgan fingerprint density at radius 3 is 2.05 bits per heavy atom. The molecule has 1 N–H and O–H groups in total. The maximum atomic E-state index is 13.9. The second kappa shape index (κ2) is 11.2. The molecule has 0 spiro atoms. The van der Waals surface area contributed by atoms with Crippen LogP contribution in [0.5, 0.6) is 0 Å². The second-order valence-electron chi connectivity index (χ2n) is 9.00. The number of halogens is 1. The van der Waals surface area contributed by atoms with Gasteiger partial charge >= 0.3 is 0 Å². The van der Waals surface area contributed by atoms with Gasteiger partial charge in [-0.15, -0.1) is 0 Å². The van der Waals surface area contributed by atoms with Gasteiger partial charge in [-0.25, -0.2) is 4.39 Å². The van der Waals surface area contributed by atoms with Gasteiger partial charge in [0, 0.05) is 32.4 Å². The second-order valence-corrected chi connectivity index (χ2v) is 9.00. The highest BCUT2D eigenvalue weighted by atomic mass is 19.1. The van der Waals surface area contributed by atoms with E-state index in [1.165, 1.54) is 40.2 Å². The molecule has 37 heavy (non-hydrogen) atoms. The maximum Gasteiger partial charge on any atom is 0.258 e. The lowest BCUT2D eigenvalue weighted by Crippen LogP contribution is -2.50. The van der Waals surface area contributed by atoms with Gasteiger partial charge in [0.05, 0.1) is 23.5 Å². The van der Waals surface area contributed by atoms with Crippen molar-refractivity contribution in [2.75, 3.05) is 31.5 Å². The highest BCUT2D eigenvalue weighted by molar-refractivity contribution is 6.04. The molecule has 1 aliphatic rings.